The highest BCUT2D eigenvalue weighted by atomic mass is 32.2. The summed E-state index contributed by atoms with van der Waals surface area (Å²) in [5.74, 6) is 2.21. The normalized spacial score (nSPS) is 26.9. The molecule has 5 heteroatoms. The average molecular weight is 337 g/mol. The number of ether oxygens (including phenoxy) is 1. The summed E-state index contributed by atoms with van der Waals surface area (Å²) in [5.41, 5.74) is 1.67. The van der Waals surface area contributed by atoms with E-state index in [9.17, 15) is 8.42 Å². The van der Waals surface area contributed by atoms with Crippen molar-refractivity contribution in [1.29, 1.82) is 0 Å². The van der Waals surface area contributed by atoms with Crippen LogP contribution >= 0.6 is 0 Å². The minimum absolute atomic E-state index is 0.114. The molecule has 0 unspecified atom stereocenters. The maximum Gasteiger partial charge on any atom is 0.241 e. The first-order chi connectivity index (χ1) is 10.8. The minimum Gasteiger partial charge on any atom is -0.496 e. The summed E-state index contributed by atoms with van der Waals surface area (Å²) in [6.07, 6.45) is 4.61. The molecule has 2 bridgehead atoms. The van der Waals surface area contributed by atoms with E-state index in [2.05, 4.69) is 4.72 Å². The zero-order chi connectivity index (χ0) is 16.8. The molecule has 0 spiro atoms. The van der Waals surface area contributed by atoms with Crippen molar-refractivity contribution in [3.8, 4) is 5.75 Å². The van der Waals surface area contributed by atoms with E-state index >= 15 is 0 Å². The van der Waals surface area contributed by atoms with Crippen molar-refractivity contribution in [2.75, 3.05) is 7.11 Å². The van der Waals surface area contributed by atoms with E-state index in [1.165, 1.54) is 12.8 Å². The fourth-order valence-electron chi connectivity index (χ4n) is 4.25. The number of sulfonamides is 1. The molecule has 3 rings (SSSR count). The van der Waals surface area contributed by atoms with E-state index in [1.54, 1.807) is 13.2 Å². The first kappa shape index (κ1) is 16.8. The van der Waals surface area contributed by atoms with Crippen LogP contribution in [0.3, 0.4) is 0 Å². The van der Waals surface area contributed by atoms with Gasteiger partial charge in [-0.2, -0.15) is 0 Å². The Morgan fingerprint density at radius 3 is 2.48 bits per heavy atom. The highest BCUT2D eigenvalue weighted by molar-refractivity contribution is 7.89. The molecule has 1 aromatic carbocycles. The number of methoxy groups -OCH3 is 1. The minimum atomic E-state index is -3.48. The van der Waals surface area contributed by atoms with Gasteiger partial charge in [0.2, 0.25) is 10.0 Å². The van der Waals surface area contributed by atoms with E-state index in [-0.39, 0.29) is 12.0 Å². The highest BCUT2D eigenvalue weighted by Gasteiger charge is 2.41. The Morgan fingerprint density at radius 1 is 1.22 bits per heavy atom. The van der Waals surface area contributed by atoms with Gasteiger partial charge in [-0.05, 0) is 67.2 Å². The predicted molar refractivity (Wildman–Crippen MR) is 91.4 cm³/mol. The van der Waals surface area contributed by atoms with Crippen molar-refractivity contribution in [1.82, 2.24) is 4.72 Å². The molecule has 0 radical (unpaired) electrons. The van der Waals surface area contributed by atoms with Gasteiger partial charge < -0.3 is 4.74 Å². The molecule has 1 N–H and O–H groups in total. The van der Waals surface area contributed by atoms with Gasteiger partial charge in [0.1, 0.15) is 5.75 Å². The molecule has 0 saturated heterocycles. The molecule has 4 nitrogen and oxygen atoms in total. The van der Waals surface area contributed by atoms with Crippen molar-refractivity contribution < 1.29 is 13.2 Å². The Bertz CT molecular complexity index is 696. The van der Waals surface area contributed by atoms with Crippen LogP contribution < -0.4 is 9.46 Å². The number of hydrogen-bond acceptors (Lipinski definition) is 3. The van der Waals surface area contributed by atoms with Gasteiger partial charge in [-0.3, -0.25) is 0 Å². The van der Waals surface area contributed by atoms with Crippen molar-refractivity contribution in [3.63, 3.8) is 0 Å². The van der Waals surface area contributed by atoms with Crippen molar-refractivity contribution in [3.05, 3.63) is 23.3 Å². The summed E-state index contributed by atoms with van der Waals surface area (Å²) in [4.78, 5) is 0.393. The molecule has 0 aromatic heterocycles. The Kier molecular flexibility index (Phi) is 4.45. The number of aryl methyl sites for hydroxylation is 1. The first-order valence-electron chi connectivity index (χ1n) is 8.52. The lowest BCUT2D eigenvalue weighted by Gasteiger charge is -2.24. The number of fused-ring (bicyclic) bond motifs is 2. The van der Waals surface area contributed by atoms with Gasteiger partial charge in [-0.1, -0.05) is 20.3 Å². The van der Waals surface area contributed by atoms with Gasteiger partial charge in [0.25, 0.3) is 0 Å². The number of hydrogen-bond donors (Lipinski definition) is 1. The zero-order valence-corrected chi connectivity index (χ0v) is 15.2. The Hall–Kier alpha value is -1.07. The fraction of sp³-hybridized carbons (Fsp3) is 0.667. The monoisotopic (exact) mass is 337 g/mol. The van der Waals surface area contributed by atoms with Crippen LogP contribution in [-0.2, 0) is 10.0 Å². The lowest BCUT2D eigenvalue weighted by Crippen LogP contribution is -2.38. The van der Waals surface area contributed by atoms with E-state index in [4.69, 9.17) is 4.74 Å². The van der Waals surface area contributed by atoms with Crippen molar-refractivity contribution >= 4 is 10.0 Å². The van der Waals surface area contributed by atoms with E-state index < -0.39 is 10.0 Å². The van der Waals surface area contributed by atoms with Crippen LogP contribution in [0.2, 0.25) is 0 Å². The smallest absolute Gasteiger partial charge is 0.241 e. The Balaban J connectivity index is 1.91. The molecule has 128 valence electrons. The lowest BCUT2D eigenvalue weighted by molar-refractivity contribution is 0.390. The third-order valence-corrected chi connectivity index (χ3v) is 7.12. The second-order valence-electron chi connectivity index (χ2n) is 7.42. The van der Waals surface area contributed by atoms with Crippen LogP contribution in [0.15, 0.2) is 17.0 Å². The summed E-state index contributed by atoms with van der Waals surface area (Å²) in [6, 6.07) is 3.74. The molecule has 1 aromatic rings. The van der Waals surface area contributed by atoms with Gasteiger partial charge in [0.15, 0.2) is 0 Å². The summed E-state index contributed by atoms with van der Waals surface area (Å²) in [6.45, 7) is 5.93. The molecule has 3 atom stereocenters. The molecule has 23 heavy (non-hydrogen) atoms. The van der Waals surface area contributed by atoms with Crippen LogP contribution in [0.4, 0.5) is 0 Å². The van der Waals surface area contributed by atoms with Crippen molar-refractivity contribution in [2.45, 2.75) is 63.3 Å². The Morgan fingerprint density at radius 2 is 1.96 bits per heavy atom. The number of nitrogens with one attached hydrogen (secondary N) is 1. The van der Waals surface area contributed by atoms with Gasteiger partial charge >= 0.3 is 0 Å². The fourth-order valence-corrected chi connectivity index (χ4v) is 5.83. The van der Waals surface area contributed by atoms with Crippen LogP contribution in [0.25, 0.3) is 0 Å². The van der Waals surface area contributed by atoms with Crippen LogP contribution in [0.5, 0.6) is 5.75 Å². The molecular formula is C18H27NO3S. The maximum atomic E-state index is 12.9. The third-order valence-electron chi connectivity index (χ3n) is 5.48. The Labute approximate surface area is 139 Å². The summed E-state index contributed by atoms with van der Waals surface area (Å²) >= 11 is 0. The second kappa shape index (κ2) is 6.10. The molecular weight excluding hydrogens is 310 g/mol. The van der Waals surface area contributed by atoms with E-state index in [0.717, 1.165) is 35.6 Å². The van der Waals surface area contributed by atoms with E-state index in [0.29, 0.717) is 10.8 Å². The molecule has 0 aliphatic heterocycles. The summed E-state index contributed by atoms with van der Waals surface area (Å²) in [7, 11) is -1.86. The largest absolute Gasteiger partial charge is 0.496 e. The van der Waals surface area contributed by atoms with Crippen molar-refractivity contribution in [2.24, 2.45) is 11.8 Å². The first-order valence-corrected chi connectivity index (χ1v) is 10.0. The number of benzene rings is 1. The predicted octanol–water partition coefficient (Wildman–Crippen LogP) is 3.59. The molecule has 0 heterocycles. The van der Waals surface area contributed by atoms with E-state index in [1.807, 2.05) is 26.8 Å². The highest BCUT2D eigenvalue weighted by Crippen LogP contribution is 2.45. The molecule has 2 aliphatic carbocycles. The van der Waals surface area contributed by atoms with Crippen LogP contribution in [0, 0.1) is 18.8 Å². The molecule has 2 saturated carbocycles. The van der Waals surface area contributed by atoms with Crippen LogP contribution in [0.1, 0.15) is 56.6 Å². The molecule has 2 fully saturated rings. The zero-order valence-electron chi connectivity index (χ0n) is 14.4. The number of rotatable bonds is 5. The topological polar surface area (TPSA) is 55.4 Å². The van der Waals surface area contributed by atoms with Gasteiger partial charge in [0.05, 0.1) is 12.0 Å². The third kappa shape index (κ3) is 3.13. The van der Waals surface area contributed by atoms with Gasteiger partial charge in [-0.15, -0.1) is 0 Å². The average Bonchev–Trinajstić information content (AvgIpc) is 3.08. The standard InChI is InChI=1S/C18H27NO3S/c1-11(2)15-10-18(12(3)7-17(15)22-4)23(20,21)19-16-9-13-5-6-14(16)8-13/h7,10-11,13-14,16,19H,5-6,8-9H2,1-4H3/t13-,14-,16+/m1/s1. The van der Waals surface area contributed by atoms with Gasteiger partial charge in [0, 0.05) is 6.04 Å². The summed E-state index contributed by atoms with van der Waals surface area (Å²) < 4.78 is 34.2. The lowest BCUT2D eigenvalue weighted by atomic mass is 9.96. The second-order valence-corrected chi connectivity index (χ2v) is 9.10. The van der Waals surface area contributed by atoms with Crippen LogP contribution in [-0.4, -0.2) is 21.6 Å². The molecule has 2 aliphatic rings. The van der Waals surface area contributed by atoms with Gasteiger partial charge in [-0.25, -0.2) is 13.1 Å². The quantitative estimate of drug-likeness (QED) is 0.893. The maximum absolute atomic E-state index is 12.9. The SMILES string of the molecule is COc1cc(C)c(S(=O)(=O)N[C@H]2C[C@@H]3CC[C@@H]2C3)cc1C(C)C. The molecule has 0 amide bonds. The summed E-state index contributed by atoms with van der Waals surface area (Å²) in [5, 5.41) is 0.